The lowest BCUT2D eigenvalue weighted by molar-refractivity contribution is 0.297. The van der Waals surface area contributed by atoms with Crippen LogP contribution < -0.4 is 0 Å². The highest BCUT2D eigenvalue weighted by atomic mass is 32.1. The Bertz CT molecular complexity index is 112. The number of hydrogen-bond donors (Lipinski definition) is 0. The third-order valence-corrected chi connectivity index (χ3v) is 1.92. The average Bonchev–Trinajstić information content (AvgIpc) is 2.02. The smallest absolute Gasteiger partial charge is 0.156 e. The first-order chi connectivity index (χ1) is 5.77. The van der Waals surface area contributed by atoms with Gasteiger partial charge in [-0.25, -0.2) is 0 Å². The van der Waals surface area contributed by atoms with E-state index in [0.29, 0.717) is 5.05 Å². The molecule has 0 saturated heterocycles. The minimum atomic E-state index is 0.670. The van der Waals surface area contributed by atoms with Crippen LogP contribution in [0.3, 0.4) is 0 Å². The molecule has 0 fully saturated rings. The molecule has 0 rings (SSSR count). The zero-order valence-corrected chi connectivity index (χ0v) is 9.08. The molecule has 1 nitrogen and oxygen atoms in total. The lowest BCUT2D eigenvalue weighted by atomic mass is 10.1. The molecule has 0 N–H and O–H groups in total. The van der Waals surface area contributed by atoms with E-state index in [1.54, 1.807) is 0 Å². The second kappa shape index (κ2) is 8.98. The Morgan fingerprint density at radius 2 is 1.67 bits per heavy atom. The Morgan fingerprint density at radius 1 is 1.08 bits per heavy atom. The van der Waals surface area contributed by atoms with Crippen molar-refractivity contribution in [3.63, 3.8) is 0 Å². The molecule has 0 radical (unpaired) electrons. The molecule has 0 aliphatic rings. The van der Waals surface area contributed by atoms with E-state index in [2.05, 4.69) is 6.92 Å². The third-order valence-electron chi connectivity index (χ3n) is 1.80. The molecule has 0 aromatic rings. The molecule has 0 heterocycles. The van der Waals surface area contributed by atoms with Crippen molar-refractivity contribution in [1.29, 1.82) is 0 Å². The summed E-state index contributed by atoms with van der Waals surface area (Å²) in [6.07, 6.45) is 7.82. The first kappa shape index (κ1) is 11.9. The van der Waals surface area contributed by atoms with Gasteiger partial charge in [0.05, 0.1) is 6.61 Å². The molecular weight excluding hydrogens is 168 g/mol. The molecule has 72 valence electrons. The van der Waals surface area contributed by atoms with Gasteiger partial charge in [-0.1, -0.05) is 39.0 Å². The van der Waals surface area contributed by atoms with Gasteiger partial charge in [0, 0.05) is 6.92 Å². The van der Waals surface area contributed by atoms with Crippen LogP contribution in [0.25, 0.3) is 0 Å². The summed E-state index contributed by atoms with van der Waals surface area (Å²) in [4.78, 5) is 0. The minimum Gasteiger partial charge on any atom is -0.487 e. The van der Waals surface area contributed by atoms with Gasteiger partial charge >= 0.3 is 0 Å². The Hall–Kier alpha value is -0.110. The van der Waals surface area contributed by atoms with Gasteiger partial charge in [0.15, 0.2) is 5.05 Å². The lowest BCUT2D eigenvalue weighted by Gasteiger charge is -2.02. The van der Waals surface area contributed by atoms with Crippen molar-refractivity contribution in [3.05, 3.63) is 0 Å². The van der Waals surface area contributed by atoms with Gasteiger partial charge < -0.3 is 4.74 Å². The van der Waals surface area contributed by atoms with Gasteiger partial charge in [-0.05, 0) is 18.6 Å². The lowest BCUT2D eigenvalue weighted by Crippen LogP contribution is -1.97. The maximum absolute atomic E-state index is 5.18. The summed E-state index contributed by atoms with van der Waals surface area (Å²) >= 11 is 4.79. The van der Waals surface area contributed by atoms with Crippen LogP contribution in [0.4, 0.5) is 0 Å². The number of thiocarbonyl (C=S) groups is 1. The van der Waals surface area contributed by atoms with Crippen molar-refractivity contribution in [3.8, 4) is 0 Å². The van der Waals surface area contributed by atoms with E-state index < -0.39 is 0 Å². The summed E-state index contributed by atoms with van der Waals surface area (Å²) in [6, 6.07) is 0. The predicted molar refractivity (Wildman–Crippen MR) is 57.6 cm³/mol. The molecule has 2 heteroatoms. The van der Waals surface area contributed by atoms with E-state index in [1.165, 1.54) is 32.1 Å². The molecule has 0 aliphatic carbocycles. The van der Waals surface area contributed by atoms with E-state index in [4.69, 9.17) is 17.0 Å². The fourth-order valence-electron chi connectivity index (χ4n) is 1.10. The van der Waals surface area contributed by atoms with Crippen LogP contribution in [0.5, 0.6) is 0 Å². The Labute approximate surface area is 81.5 Å². The van der Waals surface area contributed by atoms with Crippen LogP contribution in [0.1, 0.15) is 52.4 Å². The molecule has 0 aromatic carbocycles. The highest BCUT2D eigenvalue weighted by Gasteiger charge is 1.90. The number of hydrogen-bond acceptors (Lipinski definition) is 2. The van der Waals surface area contributed by atoms with Crippen molar-refractivity contribution in [1.82, 2.24) is 0 Å². The summed E-state index contributed by atoms with van der Waals surface area (Å²) in [5.41, 5.74) is 0. The molecule has 0 atom stereocenters. The zero-order chi connectivity index (χ0) is 9.23. The zero-order valence-electron chi connectivity index (χ0n) is 8.27. The number of ether oxygens (including phenoxy) is 1. The Morgan fingerprint density at radius 3 is 2.25 bits per heavy atom. The summed E-state index contributed by atoms with van der Waals surface area (Å²) in [5.74, 6) is 0. The van der Waals surface area contributed by atoms with Crippen molar-refractivity contribution in [2.75, 3.05) is 6.61 Å². The monoisotopic (exact) mass is 188 g/mol. The standard InChI is InChI=1S/C10H20OS/c1-3-4-5-6-7-8-9-11-10(2)12/h3-9H2,1-2H3. The van der Waals surface area contributed by atoms with E-state index in [9.17, 15) is 0 Å². The van der Waals surface area contributed by atoms with Gasteiger partial charge in [-0.3, -0.25) is 0 Å². The average molecular weight is 188 g/mol. The normalized spacial score (nSPS) is 9.83. The van der Waals surface area contributed by atoms with Crippen LogP contribution in [-0.4, -0.2) is 11.7 Å². The molecule has 0 amide bonds. The minimum absolute atomic E-state index is 0.670. The molecule has 0 aliphatic heterocycles. The van der Waals surface area contributed by atoms with Crippen molar-refractivity contribution >= 4 is 17.3 Å². The van der Waals surface area contributed by atoms with Crippen molar-refractivity contribution < 1.29 is 4.74 Å². The Kier molecular flexibility index (Phi) is 8.90. The second-order valence-electron chi connectivity index (χ2n) is 3.11. The molecule has 12 heavy (non-hydrogen) atoms. The largest absolute Gasteiger partial charge is 0.487 e. The fourth-order valence-corrected chi connectivity index (χ4v) is 1.18. The van der Waals surface area contributed by atoms with E-state index >= 15 is 0 Å². The van der Waals surface area contributed by atoms with Crippen molar-refractivity contribution in [2.24, 2.45) is 0 Å². The quantitative estimate of drug-likeness (QED) is 0.445. The van der Waals surface area contributed by atoms with Crippen molar-refractivity contribution in [2.45, 2.75) is 52.4 Å². The molecular formula is C10H20OS. The molecule has 0 saturated carbocycles. The van der Waals surface area contributed by atoms with Crippen LogP contribution in [0, 0.1) is 0 Å². The van der Waals surface area contributed by atoms with Crippen LogP contribution >= 0.6 is 12.2 Å². The highest BCUT2D eigenvalue weighted by Crippen LogP contribution is 2.04. The Balaban J connectivity index is 2.86. The SMILES string of the molecule is CCCCCCCCOC(C)=S. The second-order valence-corrected chi connectivity index (χ2v) is 3.68. The van der Waals surface area contributed by atoms with Gasteiger partial charge in [-0.15, -0.1) is 0 Å². The first-order valence-electron chi connectivity index (χ1n) is 4.90. The third kappa shape index (κ3) is 9.89. The van der Waals surface area contributed by atoms with Gasteiger partial charge in [-0.2, -0.15) is 0 Å². The fraction of sp³-hybridized carbons (Fsp3) is 0.900. The molecule has 0 spiro atoms. The highest BCUT2D eigenvalue weighted by molar-refractivity contribution is 7.80. The number of rotatable bonds is 7. The predicted octanol–water partition coefficient (Wildman–Crippen LogP) is 3.71. The van der Waals surface area contributed by atoms with E-state index in [1.807, 2.05) is 6.92 Å². The van der Waals surface area contributed by atoms with Crippen LogP contribution in [0.15, 0.2) is 0 Å². The molecule has 0 aromatic heterocycles. The summed E-state index contributed by atoms with van der Waals surface area (Å²) in [6.45, 7) is 4.87. The van der Waals surface area contributed by atoms with E-state index in [0.717, 1.165) is 13.0 Å². The molecule has 0 bridgehead atoms. The van der Waals surface area contributed by atoms with Crippen LogP contribution in [0.2, 0.25) is 0 Å². The maximum Gasteiger partial charge on any atom is 0.156 e. The van der Waals surface area contributed by atoms with Gasteiger partial charge in [0.1, 0.15) is 0 Å². The maximum atomic E-state index is 5.18. The summed E-state index contributed by atoms with van der Waals surface area (Å²) < 4.78 is 5.18. The topological polar surface area (TPSA) is 9.23 Å². The summed E-state index contributed by atoms with van der Waals surface area (Å²) in [7, 11) is 0. The molecule has 0 unspecified atom stereocenters. The van der Waals surface area contributed by atoms with Gasteiger partial charge in [0.25, 0.3) is 0 Å². The van der Waals surface area contributed by atoms with Crippen LogP contribution in [-0.2, 0) is 4.74 Å². The van der Waals surface area contributed by atoms with Gasteiger partial charge in [0.2, 0.25) is 0 Å². The summed E-state index contributed by atoms with van der Waals surface area (Å²) in [5, 5.41) is 0.670. The first-order valence-corrected chi connectivity index (χ1v) is 5.31. The number of unbranched alkanes of at least 4 members (excludes halogenated alkanes) is 5. The van der Waals surface area contributed by atoms with E-state index in [-0.39, 0.29) is 0 Å².